The number of rotatable bonds is 3. The zero-order chi connectivity index (χ0) is 18.4. The van der Waals surface area contributed by atoms with Crippen LogP contribution in [0.1, 0.15) is 42.2 Å². The summed E-state index contributed by atoms with van der Waals surface area (Å²) in [4.78, 5) is 13.9. The molecule has 0 N–H and O–H groups in total. The molecule has 2 unspecified atom stereocenters. The maximum atomic E-state index is 4.56. The van der Waals surface area contributed by atoms with Crippen molar-refractivity contribution in [2.75, 3.05) is 31.1 Å². The summed E-state index contributed by atoms with van der Waals surface area (Å²) in [7, 11) is 0. The van der Waals surface area contributed by atoms with Gasteiger partial charge in [-0.1, -0.05) is 6.42 Å². The number of hydrogen-bond donors (Lipinski definition) is 0. The molecule has 0 radical (unpaired) electrons. The first kappa shape index (κ1) is 17.1. The summed E-state index contributed by atoms with van der Waals surface area (Å²) in [6.07, 6.45) is 6.62. The van der Waals surface area contributed by atoms with Gasteiger partial charge in [0.05, 0.1) is 6.54 Å². The largest absolute Gasteiger partial charge is 0.356 e. The fourth-order valence-corrected chi connectivity index (χ4v) is 5.10. The molecule has 2 aromatic rings. The molecule has 2 fully saturated rings. The second kappa shape index (κ2) is 6.86. The molecule has 0 spiro atoms. The van der Waals surface area contributed by atoms with Crippen molar-refractivity contribution in [1.29, 1.82) is 0 Å². The van der Waals surface area contributed by atoms with Gasteiger partial charge in [-0.3, -0.25) is 4.90 Å². The topological polar surface area (TPSA) is 63.0 Å². The van der Waals surface area contributed by atoms with E-state index in [9.17, 15) is 0 Å². The van der Waals surface area contributed by atoms with E-state index in [-0.39, 0.29) is 0 Å². The summed E-state index contributed by atoms with van der Waals surface area (Å²) in [5.74, 6) is 4.96. The third kappa shape index (κ3) is 3.12. The van der Waals surface area contributed by atoms with Gasteiger partial charge in [0.25, 0.3) is 0 Å². The van der Waals surface area contributed by atoms with Crippen molar-refractivity contribution >= 4 is 5.82 Å². The van der Waals surface area contributed by atoms with Crippen LogP contribution in [0.25, 0.3) is 0 Å². The predicted molar refractivity (Wildman–Crippen MR) is 104 cm³/mol. The van der Waals surface area contributed by atoms with E-state index in [2.05, 4.69) is 48.4 Å². The molecular formula is C20H29N7. The fraction of sp³-hybridized carbons (Fsp3) is 0.700. The maximum absolute atomic E-state index is 4.56. The Morgan fingerprint density at radius 3 is 2.59 bits per heavy atom. The Kier molecular flexibility index (Phi) is 4.34. The molecule has 2 saturated heterocycles. The maximum Gasteiger partial charge on any atom is 0.147 e. The van der Waals surface area contributed by atoms with Crippen molar-refractivity contribution in [3.63, 3.8) is 0 Å². The van der Waals surface area contributed by atoms with Gasteiger partial charge in [0.15, 0.2) is 0 Å². The molecule has 0 amide bonds. The Labute approximate surface area is 160 Å². The SMILES string of the molecule is Cc1ncnc(N2CC3CN(Cc4nnc5n4CCCCC5)CC3C2)c1C. The molecule has 3 aliphatic heterocycles. The molecule has 0 bridgehead atoms. The van der Waals surface area contributed by atoms with Crippen molar-refractivity contribution < 1.29 is 0 Å². The van der Waals surface area contributed by atoms with Gasteiger partial charge in [0.2, 0.25) is 0 Å². The molecular weight excluding hydrogens is 338 g/mol. The molecule has 7 nitrogen and oxygen atoms in total. The lowest BCUT2D eigenvalue weighted by molar-refractivity contribution is 0.295. The molecule has 5 rings (SSSR count). The number of aryl methyl sites for hydroxylation is 2. The van der Waals surface area contributed by atoms with Gasteiger partial charge >= 0.3 is 0 Å². The van der Waals surface area contributed by atoms with Gasteiger partial charge in [-0.05, 0) is 38.5 Å². The quantitative estimate of drug-likeness (QED) is 0.827. The summed E-state index contributed by atoms with van der Waals surface area (Å²) >= 11 is 0. The van der Waals surface area contributed by atoms with Crippen LogP contribution in [-0.2, 0) is 19.5 Å². The smallest absolute Gasteiger partial charge is 0.147 e. The van der Waals surface area contributed by atoms with Gasteiger partial charge in [0, 0.05) is 50.4 Å². The minimum atomic E-state index is 0.728. The highest BCUT2D eigenvalue weighted by Crippen LogP contribution is 2.35. The zero-order valence-corrected chi connectivity index (χ0v) is 16.4. The lowest BCUT2D eigenvalue weighted by atomic mass is 10.0. The van der Waals surface area contributed by atoms with Crippen LogP contribution < -0.4 is 4.90 Å². The van der Waals surface area contributed by atoms with E-state index in [0.717, 1.165) is 69.0 Å². The van der Waals surface area contributed by atoms with Crippen LogP contribution in [0.2, 0.25) is 0 Å². The van der Waals surface area contributed by atoms with E-state index in [0.29, 0.717) is 0 Å². The van der Waals surface area contributed by atoms with Crippen molar-refractivity contribution in [2.24, 2.45) is 11.8 Å². The van der Waals surface area contributed by atoms with Crippen LogP contribution in [0.3, 0.4) is 0 Å². The molecule has 0 saturated carbocycles. The molecule has 2 aromatic heterocycles. The Hall–Kier alpha value is -2.02. The molecule has 2 atom stereocenters. The highest BCUT2D eigenvalue weighted by Gasteiger charge is 2.41. The van der Waals surface area contributed by atoms with Crippen LogP contribution in [-0.4, -0.2) is 55.8 Å². The number of nitrogens with zero attached hydrogens (tertiary/aromatic N) is 7. The molecule has 5 heterocycles. The summed E-state index contributed by atoms with van der Waals surface area (Å²) in [5.41, 5.74) is 2.31. The Morgan fingerprint density at radius 2 is 1.78 bits per heavy atom. The molecule has 0 aliphatic carbocycles. The second-order valence-electron chi connectivity index (χ2n) is 8.52. The van der Waals surface area contributed by atoms with Crippen LogP contribution in [0.5, 0.6) is 0 Å². The molecule has 27 heavy (non-hydrogen) atoms. The minimum absolute atomic E-state index is 0.728. The molecule has 0 aromatic carbocycles. The summed E-state index contributed by atoms with van der Waals surface area (Å²) in [6, 6.07) is 0. The van der Waals surface area contributed by atoms with Crippen LogP contribution in [0, 0.1) is 25.7 Å². The standard InChI is InChI=1S/C20H29N7/c1-14-15(2)21-13-22-20(14)26-10-16-8-25(9-17(16)11-26)12-19-24-23-18-6-4-3-5-7-27(18)19/h13,16-17H,3-12H2,1-2H3. The number of likely N-dealkylation sites (tertiary alicyclic amines) is 1. The lowest BCUT2D eigenvalue weighted by Gasteiger charge is -2.23. The predicted octanol–water partition coefficient (Wildman–Crippen LogP) is 1.98. The van der Waals surface area contributed by atoms with Gasteiger partial charge in [-0.15, -0.1) is 10.2 Å². The monoisotopic (exact) mass is 367 g/mol. The molecule has 144 valence electrons. The number of hydrogen-bond acceptors (Lipinski definition) is 6. The number of anilines is 1. The molecule has 7 heteroatoms. The Bertz CT molecular complexity index is 816. The Balaban J connectivity index is 1.24. The highest BCUT2D eigenvalue weighted by molar-refractivity contribution is 5.48. The van der Waals surface area contributed by atoms with E-state index in [1.54, 1.807) is 6.33 Å². The zero-order valence-electron chi connectivity index (χ0n) is 16.4. The van der Waals surface area contributed by atoms with Crippen molar-refractivity contribution in [2.45, 2.75) is 52.6 Å². The number of fused-ring (bicyclic) bond motifs is 2. The third-order valence-corrected chi connectivity index (χ3v) is 6.72. The van der Waals surface area contributed by atoms with E-state index < -0.39 is 0 Å². The second-order valence-corrected chi connectivity index (χ2v) is 8.52. The van der Waals surface area contributed by atoms with E-state index in [4.69, 9.17) is 0 Å². The lowest BCUT2D eigenvalue weighted by Crippen LogP contribution is -2.30. The summed E-state index contributed by atoms with van der Waals surface area (Å²) in [6.45, 7) is 10.8. The van der Waals surface area contributed by atoms with Crippen molar-refractivity contribution in [3.8, 4) is 0 Å². The van der Waals surface area contributed by atoms with E-state index in [1.165, 1.54) is 36.5 Å². The minimum Gasteiger partial charge on any atom is -0.356 e. The normalized spacial score (nSPS) is 25.5. The van der Waals surface area contributed by atoms with Crippen molar-refractivity contribution in [3.05, 3.63) is 29.2 Å². The van der Waals surface area contributed by atoms with Crippen molar-refractivity contribution in [1.82, 2.24) is 29.6 Å². The first-order valence-corrected chi connectivity index (χ1v) is 10.4. The number of aromatic nitrogens is 5. The van der Waals surface area contributed by atoms with Gasteiger partial charge in [-0.2, -0.15) is 0 Å². The third-order valence-electron chi connectivity index (χ3n) is 6.72. The molecule has 3 aliphatic rings. The first-order valence-electron chi connectivity index (χ1n) is 10.4. The summed E-state index contributed by atoms with van der Waals surface area (Å²) in [5, 5.41) is 8.99. The average Bonchev–Trinajstić information content (AvgIpc) is 3.26. The summed E-state index contributed by atoms with van der Waals surface area (Å²) < 4.78 is 2.39. The van der Waals surface area contributed by atoms with Crippen LogP contribution in [0.4, 0.5) is 5.82 Å². The van der Waals surface area contributed by atoms with Crippen LogP contribution >= 0.6 is 0 Å². The van der Waals surface area contributed by atoms with Gasteiger partial charge in [0.1, 0.15) is 23.8 Å². The van der Waals surface area contributed by atoms with Gasteiger partial charge in [-0.25, -0.2) is 9.97 Å². The van der Waals surface area contributed by atoms with E-state index >= 15 is 0 Å². The average molecular weight is 368 g/mol. The van der Waals surface area contributed by atoms with Gasteiger partial charge < -0.3 is 9.47 Å². The Morgan fingerprint density at radius 1 is 0.963 bits per heavy atom. The highest BCUT2D eigenvalue weighted by atomic mass is 15.3. The first-order chi connectivity index (χ1) is 13.2. The van der Waals surface area contributed by atoms with E-state index in [1.807, 2.05) is 0 Å². The fourth-order valence-electron chi connectivity index (χ4n) is 5.10. The van der Waals surface area contributed by atoms with Crippen LogP contribution in [0.15, 0.2) is 6.33 Å².